The van der Waals surface area contributed by atoms with Crippen LogP contribution in [0.1, 0.15) is 86.9 Å². The molecule has 1 aromatic rings. The molecule has 4 heteroatoms. The molecule has 0 heterocycles. The third-order valence-corrected chi connectivity index (χ3v) is 11.2. The summed E-state index contributed by atoms with van der Waals surface area (Å²) < 4.78 is 0. The SMILES string of the molecule is CC(C)C1=C[C@]23CC[C@@H]4[C@](C)(CCC[C@@]4(C)C(=O)O)[C@@H]2C[C@@H]1[C@H]1C(=O)c2ccccc2C(=O)[C@@H]13. The Labute approximate surface area is 202 Å². The normalized spacial score (nSPS) is 44.6. The van der Waals surface area contributed by atoms with Crippen molar-refractivity contribution in [2.24, 2.45) is 51.8 Å². The number of hydrogen-bond donors (Lipinski definition) is 1. The Morgan fingerprint density at radius 1 is 1.00 bits per heavy atom. The van der Waals surface area contributed by atoms with Crippen molar-refractivity contribution in [3.8, 4) is 0 Å². The Kier molecular flexibility index (Phi) is 4.53. The molecule has 180 valence electrons. The van der Waals surface area contributed by atoms with Crippen LogP contribution in [0.2, 0.25) is 0 Å². The van der Waals surface area contributed by atoms with Gasteiger partial charge in [0.05, 0.1) is 5.41 Å². The summed E-state index contributed by atoms with van der Waals surface area (Å²) in [6.07, 6.45) is 7.65. The van der Waals surface area contributed by atoms with Crippen molar-refractivity contribution in [3.63, 3.8) is 0 Å². The summed E-state index contributed by atoms with van der Waals surface area (Å²) in [4.78, 5) is 40.5. The monoisotopic (exact) mass is 460 g/mol. The molecule has 6 aliphatic rings. The average Bonchev–Trinajstić information content (AvgIpc) is 2.81. The van der Waals surface area contributed by atoms with E-state index >= 15 is 0 Å². The maximum absolute atomic E-state index is 14.1. The van der Waals surface area contributed by atoms with Crippen LogP contribution in [0.25, 0.3) is 0 Å². The smallest absolute Gasteiger partial charge is 0.309 e. The summed E-state index contributed by atoms with van der Waals surface area (Å²) in [5, 5.41) is 10.3. The Morgan fingerprint density at radius 3 is 2.32 bits per heavy atom. The molecule has 34 heavy (non-hydrogen) atoms. The van der Waals surface area contributed by atoms with Gasteiger partial charge in [0, 0.05) is 28.4 Å². The van der Waals surface area contributed by atoms with E-state index in [0.29, 0.717) is 17.0 Å². The van der Waals surface area contributed by atoms with Crippen molar-refractivity contribution >= 4 is 17.5 Å². The zero-order chi connectivity index (χ0) is 24.2. The number of benzene rings is 1. The predicted molar refractivity (Wildman–Crippen MR) is 129 cm³/mol. The van der Waals surface area contributed by atoms with Gasteiger partial charge in [0.15, 0.2) is 11.6 Å². The first-order valence-electron chi connectivity index (χ1n) is 13.2. The van der Waals surface area contributed by atoms with Gasteiger partial charge in [-0.25, -0.2) is 0 Å². The topological polar surface area (TPSA) is 71.4 Å². The number of carboxylic acids is 1. The molecular formula is C30H36O4. The van der Waals surface area contributed by atoms with Gasteiger partial charge in [-0.15, -0.1) is 0 Å². The fourth-order valence-electron chi connectivity index (χ4n) is 9.86. The predicted octanol–water partition coefficient (Wildman–Crippen LogP) is 6.21. The number of ketones is 2. The van der Waals surface area contributed by atoms with Gasteiger partial charge < -0.3 is 5.11 Å². The van der Waals surface area contributed by atoms with Gasteiger partial charge in [-0.1, -0.05) is 63.1 Å². The van der Waals surface area contributed by atoms with Crippen molar-refractivity contribution in [3.05, 3.63) is 47.0 Å². The maximum atomic E-state index is 14.1. The zero-order valence-electron chi connectivity index (χ0n) is 20.8. The minimum absolute atomic E-state index is 0.0790. The van der Waals surface area contributed by atoms with Crippen molar-refractivity contribution < 1.29 is 19.5 Å². The molecule has 0 aromatic heterocycles. The molecule has 4 nitrogen and oxygen atoms in total. The van der Waals surface area contributed by atoms with Crippen LogP contribution in [0.15, 0.2) is 35.9 Å². The van der Waals surface area contributed by atoms with E-state index in [1.165, 1.54) is 5.57 Å². The number of rotatable bonds is 2. The number of carbonyl (C=O) groups is 3. The Hall–Kier alpha value is -2.23. The molecule has 1 N–H and O–H groups in total. The van der Waals surface area contributed by atoms with Crippen LogP contribution in [0.3, 0.4) is 0 Å². The quantitative estimate of drug-likeness (QED) is 0.533. The van der Waals surface area contributed by atoms with Crippen LogP contribution in [-0.2, 0) is 4.79 Å². The summed E-state index contributed by atoms with van der Waals surface area (Å²) >= 11 is 0. The standard InChI is InChI=1S/C30H36O4/c1-16(2)20-15-30-13-10-21-28(3,11-7-12-29(21,4)27(33)34)22(30)14-19(20)23-24(30)26(32)18-9-6-5-8-17(18)25(23)31/h5-6,8-9,15-16,19,21-24H,7,10-14H2,1-4H3,(H,33,34)/t19-,21+,22-,23+,24+,28-,29+,30+/m0/s1. The maximum Gasteiger partial charge on any atom is 0.309 e. The van der Waals surface area contributed by atoms with Crippen LogP contribution >= 0.6 is 0 Å². The number of hydrogen-bond acceptors (Lipinski definition) is 3. The highest BCUT2D eigenvalue weighted by molar-refractivity contribution is 6.17. The van der Waals surface area contributed by atoms with Crippen LogP contribution in [0.4, 0.5) is 0 Å². The van der Waals surface area contributed by atoms with E-state index in [4.69, 9.17) is 0 Å². The minimum Gasteiger partial charge on any atom is -0.481 e. The summed E-state index contributed by atoms with van der Waals surface area (Å²) in [6.45, 7) is 8.71. The molecule has 6 aliphatic carbocycles. The van der Waals surface area contributed by atoms with Gasteiger partial charge in [0.1, 0.15) is 0 Å². The third kappa shape index (κ3) is 2.48. The van der Waals surface area contributed by atoms with Gasteiger partial charge in [0.25, 0.3) is 0 Å². The summed E-state index contributed by atoms with van der Waals surface area (Å²) in [5.41, 5.74) is 1.37. The summed E-state index contributed by atoms with van der Waals surface area (Å²) in [5.74, 6) is -0.179. The van der Waals surface area contributed by atoms with Gasteiger partial charge in [-0.2, -0.15) is 0 Å². The fourth-order valence-corrected chi connectivity index (χ4v) is 9.86. The van der Waals surface area contributed by atoms with Crippen LogP contribution in [0, 0.1) is 51.8 Å². The number of carbonyl (C=O) groups excluding carboxylic acids is 2. The molecule has 1 spiro atoms. The van der Waals surface area contributed by atoms with Crippen molar-refractivity contribution in [1.29, 1.82) is 0 Å². The Bertz CT molecular complexity index is 1150. The lowest BCUT2D eigenvalue weighted by Crippen LogP contribution is -2.67. The largest absolute Gasteiger partial charge is 0.481 e. The highest BCUT2D eigenvalue weighted by Crippen LogP contribution is 2.74. The van der Waals surface area contributed by atoms with Crippen molar-refractivity contribution in [2.45, 2.75) is 66.2 Å². The minimum atomic E-state index is -0.714. The molecule has 7 rings (SSSR count). The molecule has 0 saturated heterocycles. The molecule has 3 saturated carbocycles. The van der Waals surface area contributed by atoms with Crippen LogP contribution in [0.5, 0.6) is 0 Å². The first-order valence-corrected chi connectivity index (χ1v) is 13.2. The molecule has 3 fully saturated rings. The molecule has 0 radical (unpaired) electrons. The van der Waals surface area contributed by atoms with Gasteiger partial charge in [-0.05, 0) is 68.1 Å². The molecule has 0 unspecified atom stereocenters. The van der Waals surface area contributed by atoms with E-state index < -0.39 is 11.4 Å². The van der Waals surface area contributed by atoms with Gasteiger partial charge in [-0.3, -0.25) is 14.4 Å². The second-order valence-corrected chi connectivity index (χ2v) is 12.8. The summed E-state index contributed by atoms with van der Waals surface area (Å²) in [6, 6.07) is 7.40. The van der Waals surface area contributed by atoms with Crippen molar-refractivity contribution in [2.75, 3.05) is 0 Å². The number of allylic oxidation sites excluding steroid dienone is 2. The lowest BCUT2D eigenvalue weighted by Gasteiger charge is -2.70. The van der Waals surface area contributed by atoms with E-state index in [1.807, 2.05) is 31.2 Å². The molecule has 2 bridgehead atoms. The average molecular weight is 461 g/mol. The number of aliphatic carboxylic acids is 1. The van der Waals surface area contributed by atoms with E-state index in [2.05, 4.69) is 26.8 Å². The fraction of sp³-hybridized carbons (Fsp3) is 0.633. The third-order valence-electron chi connectivity index (χ3n) is 11.2. The number of carboxylic acid groups (broad SMARTS) is 1. The highest BCUT2D eigenvalue weighted by Gasteiger charge is 2.71. The molecule has 8 atom stereocenters. The molecule has 1 aromatic carbocycles. The van der Waals surface area contributed by atoms with Crippen LogP contribution < -0.4 is 0 Å². The lowest BCUT2D eigenvalue weighted by atomic mass is 9.33. The molecular weight excluding hydrogens is 424 g/mol. The number of Topliss-reactive ketones (excluding diaryl/α,β-unsaturated/α-hetero) is 2. The van der Waals surface area contributed by atoms with E-state index in [9.17, 15) is 19.5 Å². The lowest BCUT2D eigenvalue weighted by molar-refractivity contribution is -0.189. The van der Waals surface area contributed by atoms with Crippen molar-refractivity contribution in [1.82, 2.24) is 0 Å². The van der Waals surface area contributed by atoms with Gasteiger partial charge >= 0.3 is 5.97 Å². The van der Waals surface area contributed by atoms with E-state index in [1.54, 1.807) is 0 Å². The second kappa shape index (κ2) is 6.92. The van der Waals surface area contributed by atoms with Gasteiger partial charge in [0.2, 0.25) is 0 Å². The van der Waals surface area contributed by atoms with E-state index in [-0.39, 0.29) is 52.0 Å². The van der Waals surface area contributed by atoms with E-state index in [0.717, 1.165) is 38.5 Å². The number of fused-ring (bicyclic) bond motifs is 2. The zero-order valence-corrected chi connectivity index (χ0v) is 20.8. The Morgan fingerprint density at radius 2 is 1.68 bits per heavy atom. The first kappa shape index (κ1) is 22.2. The van der Waals surface area contributed by atoms with Crippen LogP contribution in [-0.4, -0.2) is 22.6 Å². The second-order valence-electron chi connectivity index (χ2n) is 12.8. The highest BCUT2D eigenvalue weighted by atomic mass is 16.4. The molecule has 0 aliphatic heterocycles. The molecule has 0 amide bonds. The Balaban J connectivity index is 1.55. The first-order chi connectivity index (χ1) is 16.1. The summed E-state index contributed by atoms with van der Waals surface area (Å²) in [7, 11) is 0.